The SMILES string of the molecule is COC(C)(C)OOC[C@@H]1CCC(=O)N1. The third-order valence-corrected chi connectivity index (χ3v) is 2.11. The molecule has 1 N–H and O–H groups in total. The van der Waals surface area contributed by atoms with Crippen LogP contribution in [0.3, 0.4) is 0 Å². The van der Waals surface area contributed by atoms with E-state index in [1.807, 2.05) is 0 Å². The minimum atomic E-state index is -0.747. The molecule has 5 heteroatoms. The van der Waals surface area contributed by atoms with Crippen LogP contribution in [0.1, 0.15) is 26.7 Å². The molecule has 0 spiro atoms. The Labute approximate surface area is 83.6 Å². The molecule has 14 heavy (non-hydrogen) atoms. The molecule has 1 heterocycles. The minimum Gasteiger partial charge on any atom is -0.351 e. The highest BCUT2D eigenvalue weighted by atomic mass is 17.2. The van der Waals surface area contributed by atoms with E-state index in [0.29, 0.717) is 13.0 Å². The molecule has 0 saturated carbocycles. The van der Waals surface area contributed by atoms with Gasteiger partial charge < -0.3 is 10.1 Å². The molecule has 1 fully saturated rings. The van der Waals surface area contributed by atoms with Crippen LogP contribution < -0.4 is 5.32 Å². The number of carbonyl (C=O) groups excluding carboxylic acids is 1. The average molecular weight is 203 g/mol. The van der Waals surface area contributed by atoms with Crippen LogP contribution in [0.5, 0.6) is 0 Å². The van der Waals surface area contributed by atoms with Gasteiger partial charge in [0.05, 0.1) is 6.04 Å². The van der Waals surface area contributed by atoms with E-state index < -0.39 is 5.79 Å². The van der Waals surface area contributed by atoms with Gasteiger partial charge in [-0.2, -0.15) is 0 Å². The van der Waals surface area contributed by atoms with Gasteiger partial charge in [0.15, 0.2) is 5.79 Å². The topological polar surface area (TPSA) is 56.8 Å². The van der Waals surface area contributed by atoms with Gasteiger partial charge in [-0.1, -0.05) is 0 Å². The maximum absolute atomic E-state index is 10.8. The van der Waals surface area contributed by atoms with E-state index in [-0.39, 0.29) is 11.9 Å². The molecule has 0 aromatic rings. The summed E-state index contributed by atoms with van der Waals surface area (Å²) in [7, 11) is 1.54. The summed E-state index contributed by atoms with van der Waals surface area (Å²) in [6.45, 7) is 3.86. The first-order chi connectivity index (χ1) is 6.53. The summed E-state index contributed by atoms with van der Waals surface area (Å²) >= 11 is 0. The van der Waals surface area contributed by atoms with E-state index >= 15 is 0 Å². The van der Waals surface area contributed by atoms with E-state index in [1.54, 1.807) is 21.0 Å². The van der Waals surface area contributed by atoms with Gasteiger partial charge >= 0.3 is 0 Å². The van der Waals surface area contributed by atoms with Crippen molar-refractivity contribution in [2.45, 2.75) is 38.5 Å². The molecule has 1 amide bonds. The molecule has 1 rings (SSSR count). The van der Waals surface area contributed by atoms with Gasteiger partial charge in [0.25, 0.3) is 0 Å². The van der Waals surface area contributed by atoms with Crippen molar-refractivity contribution >= 4 is 5.91 Å². The van der Waals surface area contributed by atoms with Crippen LogP contribution in [-0.4, -0.2) is 31.5 Å². The predicted molar refractivity (Wildman–Crippen MR) is 49.3 cm³/mol. The lowest BCUT2D eigenvalue weighted by Gasteiger charge is -2.22. The van der Waals surface area contributed by atoms with Crippen molar-refractivity contribution in [3.05, 3.63) is 0 Å². The Kier molecular flexibility index (Phi) is 3.86. The van der Waals surface area contributed by atoms with Crippen LogP contribution >= 0.6 is 0 Å². The molecule has 1 saturated heterocycles. The van der Waals surface area contributed by atoms with Crippen molar-refractivity contribution in [3.63, 3.8) is 0 Å². The zero-order chi connectivity index (χ0) is 10.6. The molecule has 0 aliphatic carbocycles. The summed E-state index contributed by atoms with van der Waals surface area (Å²) in [5, 5.41) is 2.77. The van der Waals surface area contributed by atoms with Crippen molar-refractivity contribution in [3.8, 4) is 0 Å². The van der Waals surface area contributed by atoms with Crippen molar-refractivity contribution in [2.24, 2.45) is 0 Å². The van der Waals surface area contributed by atoms with Crippen LogP contribution in [0.25, 0.3) is 0 Å². The van der Waals surface area contributed by atoms with Crippen molar-refractivity contribution in [1.82, 2.24) is 5.32 Å². The molecule has 5 nitrogen and oxygen atoms in total. The Bertz CT molecular complexity index is 205. The average Bonchev–Trinajstić information content (AvgIpc) is 2.51. The van der Waals surface area contributed by atoms with Gasteiger partial charge in [-0.25, -0.2) is 9.78 Å². The number of ether oxygens (including phenoxy) is 1. The van der Waals surface area contributed by atoms with Crippen LogP contribution in [0.15, 0.2) is 0 Å². The third-order valence-electron chi connectivity index (χ3n) is 2.11. The molecule has 1 aliphatic heterocycles. The zero-order valence-corrected chi connectivity index (χ0v) is 8.83. The van der Waals surface area contributed by atoms with E-state index in [1.165, 1.54) is 0 Å². The Morgan fingerprint density at radius 3 is 2.79 bits per heavy atom. The van der Waals surface area contributed by atoms with E-state index in [0.717, 1.165) is 6.42 Å². The molecule has 1 atom stereocenters. The second kappa shape index (κ2) is 4.72. The molecule has 1 aliphatic rings. The van der Waals surface area contributed by atoms with Crippen LogP contribution in [0.4, 0.5) is 0 Å². The summed E-state index contributed by atoms with van der Waals surface area (Å²) in [5.74, 6) is -0.674. The fourth-order valence-electron chi connectivity index (χ4n) is 1.09. The first-order valence-electron chi connectivity index (χ1n) is 4.68. The third kappa shape index (κ3) is 3.61. The maximum atomic E-state index is 10.8. The Hall–Kier alpha value is -0.650. The summed E-state index contributed by atoms with van der Waals surface area (Å²) in [4.78, 5) is 20.8. The summed E-state index contributed by atoms with van der Waals surface area (Å²) in [6, 6.07) is 0.0650. The van der Waals surface area contributed by atoms with Crippen molar-refractivity contribution in [2.75, 3.05) is 13.7 Å². The normalized spacial score (nSPS) is 22.5. The molecule has 0 bridgehead atoms. The van der Waals surface area contributed by atoms with E-state index in [4.69, 9.17) is 14.5 Å². The van der Waals surface area contributed by atoms with Gasteiger partial charge in [-0.05, 0) is 20.3 Å². The van der Waals surface area contributed by atoms with E-state index in [2.05, 4.69) is 5.32 Å². The smallest absolute Gasteiger partial charge is 0.220 e. The summed E-state index contributed by atoms with van der Waals surface area (Å²) < 4.78 is 4.99. The maximum Gasteiger partial charge on any atom is 0.220 e. The van der Waals surface area contributed by atoms with Crippen LogP contribution in [0, 0.1) is 0 Å². The molecule has 0 aromatic heterocycles. The largest absolute Gasteiger partial charge is 0.351 e. The highest BCUT2D eigenvalue weighted by Gasteiger charge is 2.23. The lowest BCUT2D eigenvalue weighted by molar-refractivity contribution is -0.414. The first-order valence-corrected chi connectivity index (χ1v) is 4.68. The second-order valence-electron chi connectivity index (χ2n) is 3.77. The number of methoxy groups -OCH3 is 1. The molecular formula is C9H17NO4. The summed E-state index contributed by atoms with van der Waals surface area (Å²) in [5.41, 5.74) is 0. The first kappa shape index (κ1) is 11.4. The lowest BCUT2D eigenvalue weighted by atomic mass is 10.2. The second-order valence-corrected chi connectivity index (χ2v) is 3.77. The number of hydrogen-bond donors (Lipinski definition) is 1. The number of carbonyl (C=O) groups is 1. The monoisotopic (exact) mass is 203 g/mol. The van der Waals surface area contributed by atoms with Crippen LogP contribution in [0.2, 0.25) is 0 Å². The predicted octanol–water partition coefficient (Wildman–Crippen LogP) is 0.596. The highest BCUT2D eigenvalue weighted by molar-refractivity contribution is 5.78. The molecule has 0 unspecified atom stereocenters. The Morgan fingerprint density at radius 1 is 1.57 bits per heavy atom. The number of hydrogen-bond acceptors (Lipinski definition) is 4. The van der Waals surface area contributed by atoms with Gasteiger partial charge in [-0.3, -0.25) is 4.79 Å². The molecule has 0 aromatic carbocycles. The van der Waals surface area contributed by atoms with E-state index in [9.17, 15) is 4.79 Å². The standard InChI is InChI=1S/C9H17NO4/c1-9(2,12-3)14-13-6-7-4-5-8(11)10-7/h7H,4-6H2,1-3H3,(H,10,11)/t7-/m0/s1. The summed E-state index contributed by atoms with van der Waals surface area (Å²) in [6.07, 6.45) is 1.37. The fourth-order valence-corrected chi connectivity index (χ4v) is 1.09. The van der Waals surface area contributed by atoms with Crippen molar-refractivity contribution < 1.29 is 19.3 Å². The van der Waals surface area contributed by atoms with Crippen molar-refractivity contribution in [1.29, 1.82) is 0 Å². The molecular weight excluding hydrogens is 186 g/mol. The highest BCUT2D eigenvalue weighted by Crippen LogP contribution is 2.12. The minimum absolute atomic E-state index is 0.0650. The number of rotatable bonds is 5. The van der Waals surface area contributed by atoms with Crippen LogP contribution in [-0.2, 0) is 19.3 Å². The fraction of sp³-hybridized carbons (Fsp3) is 0.889. The molecule has 0 radical (unpaired) electrons. The lowest BCUT2D eigenvalue weighted by Crippen LogP contribution is -2.33. The Balaban J connectivity index is 2.12. The van der Waals surface area contributed by atoms with Gasteiger partial charge in [-0.15, -0.1) is 0 Å². The van der Waals surface area contributed by atoms with Gasteiger partial charge in [0.2, 0.25) is 5.91 Å². The Morgan fingerprint density at radius 2 is 2.29 bits per heavy atom. The van der Waals surface area contributed by atoms with Gasteiger partial charge in [0, 0.05) is 13.5 Å². The zero-order valence-electron chi connectivity index (χ0n) is 8.83. The quantitative estimate of drug-likeness (QED) is 0.404. The van der Waals surface area contributed by atoms with Gasteiger partial charge in [0.1, 0.15) is 6.61 Å². The molecule has 82 valence electrons. The number of amides is 1. The number of nitrogens with one attached hydrogen (secondary N) is 1.